The number of rotatable bonds is 1. The van der Waals surface area contributed by atoms with Gasteiger partial charge in [0.1, 0.15) is 0 Å². The predicted octanol–water partition coefficient (Wildman–Crippen LogP) is 0.958. The maximum atomic E-state index is 11.1. The molecule has 0 aromatic rings. The quantitative estimate of drug-likeness (QED) is 0.545. The molecule has 12 heavy (non-hydrogen) atoms. The first-order chi connectivity index (χ1) is 5.40. The summed E-state index contributed by atoms with van der Waals surface area (Å²) in [4.78, 5) is 23.4. The Morgan fingerprint density at radius 1 is 1.17 bits per heavy atom. The van der Waals surface area contributed by atoms with E-state index in [9.17, 15) is 9.59 Å². The molecule has 1 aliphatic rings. The number of carbonyl (C=O) groups excluding carboxylic acids is 2. The molecule has 1 rings (SSSR count). The summed E-state index contributed by atoms with van der Waals surface area (Å²) in [6, 6.07) is 0. The standard InChI is InChI=1S/C9H13NO2/c1-9(2,3)6-10-7(11)4-5-8(10)12/h4-5H,6H2,1-3H3. The van der Waals surface area contributed by atoms with Crippen LogP contribution in [0.5, 0.6) is 0 Å². The molecule has 3 heteroatoms. The van der Waals surface area contributed by atoms with Crippen molar-refractivity contribution in [3.8, 4) is 0 Å². The Balaban J connectivity index is 2.66. The van der Waals surface area contributed by atoms with Gasteiger partial charge in [0.15, 0.2) is 0 Å². The van der Waals surface area contributed by atoms with E-state index >= 15 is 0 Å². The highest BCUT2D eigenvalue weighted by molar-refractivity contribution is 6.12. The second-order valence-electron chi connectivity index (χ2n) is 4.16. The normalized spacial score (nSPS) is 17.8. The van der Waals surface area contributed by atoms with Gasteiger partial charge >= 0.3 is 0 Å². The summed E-state index contributed by atoms with van der Waals surface area (Å²) >= 11 is 0. The Labute approximate surface area is 72.0 Å². The minimum Gasteiger partial charge on any atom is -0.275 e. The highest BCUT2D eigenvalue weighted by Gasteiger charge is 2.27. The van der Waals surface area contributed by atoms with Crippen molar-refractivity contribution in [2.45, 2.75) is 20.8 Å². The van der Waals surface area contributed by atoms with Crippen molar-refractivity contribution >= 4 is 11.8 Å². The minimum atomic E-state index is -0.199. The maximum absolute atomic E-state index is 11.1. The highest BCUT2D eigenvalue weighted by atomic mass is 16.2. The number of amides is 2. The van der Waals surface area contributed by atoms with Crippen molar-refractivity contribution in [1.82, 2.24) is 4.90 Å². The zero-order valence-corrected chi connectivity index (χ0v) is 7.63. The Bertz CT molecular complexity index is 230. The van der Waals surface area contributed by atoms with Crippen molar-refractivity contribution in [2.24, 2.45) is 5.41 Å². The second-order valence-corrected chi connectivity index (χ2v) is 4.16. The lowest BCUT2D eigenvalue weighted by atomic mass is 9.96. The van der Waals surface area contributed by atoms with Gasteiger partial charge in [0, 0.05) is 18.7 Å². The summed E-state index contributed by atoms with van der Waals surface area (Å²) < 4.78 is 0. The van der Waals surface area contributed by atoms with Crippen molar-refractivity contribution in [3.05, 3.63) is 12.2 Å². The Morgan fingerprint density at radius 2 is 1.58 bits per heavy atom. The molecular formula is C9H13NO2. The van der Waals surface area contributed by atoms with Crippen LogP contribution in [0.3, 0.4) is 0 Å². The van der Waals surface area contributed by atoms with E-state index in [1.54, 1.807) is 0 Å². The molecule has 0 aromatic carbocycles. The molecule has 1 aliphatic heterocycles. The molecule has 66 valence electrons. The third kappa shape index (κ3) is 1.94. The molecule has 1 heterocycles. The summed E-state index contributed by atoms with van der Waals surface area (Å²) in [7, 11) is 0. The largest absolute Gasteiger partial charge is 0.275 e. The van der Waals surface area contributed by atoms with Gasteiger partial charge in [-0.1, -0.05) is 20.8 Å². The van der Waals surface area contributed by atoms with Gasteiger partial charge in [-0.2, -0.15) is 0 Å². The average molecular weight is 167 g/mol. The first-order valence-corrected chi connectivity index (χ1v) is 3.94. The molecule has 0 aliphatic carbocycles. The van der Waals surface area contributed by atoms with E-state index in [1.807, 2.05) is 20.8 Å². The fourth-order valence-corrected chi connectivity index (χ4v) is 1.06. The molecule has 0 unspecified atom stereocenters. The van der Waals surface area contributed by atoms with Crippen LogP contribution in [0.25, 0.3) is 0 Å². The van der Waals surface area contributed by atoms with Gasteiger partial charge in [-0.25, -0.2) is 0 Å². The summed E-state index contributed by atoms with van der Waals surface area (Å²) in [5.74, 6) is -0.398. The Hall–Kier alpha value is -1.12. The van der Waals surface area contributed by atoms with Crippen LogP contribution in [0, 0.1) is 5.41 Å². The van der Waals surface area contributed by atoms with Gasteiger partial charge in [-0.15, -0.1) is 0 Å². The molecule has 2 amide bonds. The first kappa shape index (κ1) is 8.97. The van der Waals surface area contributed by atoms with Crippen molar-refractivity contribution in [1.29, 1.82) is 0 Å². The molecule has 0 fully saturated rings. The van der Waals surface area contributed by atoms with Crippen molar-refractivity contribution in [3.63, 3.8) is 0 Å². The fraction of sp³-hybridized carbons (Fsp3) is 0.556. The summed E-state index contributed by atoms with van der Waals surface area (Å²) in [5.41, 5.74) is -0.0304. The number of imide groups is 1. The van der Waals surface area contributed by atoms with Gasteiger partial charge < -0.3 is 0 Å². The number of hydrogen-bond donors (Lipinski definition) is 0. The third-order valence-electron chi connectivity index (χ3n) is 1.53. The zero-order chi connectivity index (χ0) is 9.35. The molecular weight excluding hydrogens is 154 g/mol. The van der Waals surface area contributed by atoms with E-state index < -0.39 is 0 Å². The topological polar surface area (TPSA) is 37.4 Å². The van der Waals surface area contributed by atoms with Crippen LogP contribution in [-0.4, -0.2) is 23.3 Å². The number of hydrogen-bond acceptors (Lipinski definition) is 2. The predicted molar refractivity (Wildman–Crippen MR) is 45.3 cm³/mol. The monoisotopic (exact) mass is 167 g/mol. The smallest absolute Gasteiger partial charge is 0.253 e. The minimum absolute atomic E-state index is 0.0304. The van der Waals surface area contributed by atoms with E-state index in [0.717, 1.165) is 0 Å². The zero-order valence-electron chi connectivity index (χ0n) is 7.63. The molecule has 0 aromatic heterocycles. The van der Waals surface area contributed by atoms with Crippen LogP contribution >= 0.6 is 0 Å². The van der Waals surface area contributed by atoms with Crippen LogP contribution < -0.4 is 0 Å². The molecule has 0 atom stereocenters. The average Bonchev–Trinajstić information content (AvgIpc) is 2.16. The molecule has 0 N–H and O–H groups in total. The fourth-order valence-electron chi connectivity index (χ4n) is 1.06. The molecule has 3 nitrogen and oxygen atoms in total. The summed E-state index contributed by atoms with van der Waals surface area (Å²) in [5, 5.41) is 0. The molecule has 0 saturated heterocycles. The Kier molecular flexibility index (Phi) is 2.04. The first-order valence-electron chi connectivity index (χ1n) is 3.94. The van der Waals surface area contributed by atoms with Gasteiger partial charge in [0.25, 0.3) is 11.8 Å². The van der Waals surface area contributed by atoms with Crippen LogP contribution in [0.2, 0.25) is 0 Å². The SMILES string of the molecule is CC(C)(C)CN1C(=O)C=CC1=O. The summed E-state index contributed by atoms with van der Waals surface area (Å²) in [6.07, 6.45) is 2.63. The van der Waals surface area contributed by atoms with Gasteiger partial charge in [-0.3, -0.25) is 14.5 Å². The second kappa shape index (κ2) is 2.73. The van der Waals surface area contributed by atoms with Crippen LogP contribution in [-0.2, 0) is 9.59 Å². The number of carbonyl (C=O) groups is 2. The summed E-state index contributed by atoms with van der Waals surface area (Å²) in [6.45, 7) is 6.46. The van der Waals surface area contributed by atoms with E-state index in [0.29, 0.717) is 6.54 Å². The lowest BCUT2D eigenvalue weighted by molar-refractivity contribution is -0.138. The molecule has 0 saturated carbocycles. The lowest BCUT2D eigenvalue weighted by Crippen LogP contribution is -2.37. The van der Waals surface area contributed by atoms with E-state index in [4.69, 9.17) is 0 Å². The van der Waals surface area contributed by atoms with Crippen molar-refractivity contribution in [2.75, 3.05) is 6.54 Å². The molecule has 0 spiro atoms. The van der Waals surface area contributed by atoms with Crippen molar-refractivity contribution < 1.29 is 9.59 Å². The van der Waals surface area contributed by atoms with E-state index in [-0.39, 0.29) is 17.2 Å². The van der Waals surface area contributed by atoms with E-state index in [1.165, 1.54) is 17.1 Å². The Morgan fingerprint density at radius 3 is 1.92 bits per heavy atom. The molecule has 0 radical (unpaired) electrons. The van der Waals surface area contributed by atoms with Crippen LogP contribution in [0.1, 0.15) is 20.8 Å². The van der Waals surface area contributed by atoms with Crippen LogP contribution in [0.15, 0.2) is 12.2 Å². The highest BCUT2D eigenvalue weighted by Crippen LogP contribution is 2.17. The van der Waals surface area contributed by atoms with Gasteiger partial charge in [-0.05, 0) is 5.41 Å². The van der Waals surface area contributed by atoms with Crippen LogP contribution in [0.4, 0.5) is 0 Å². The lowest BCUT2D eigenvalue weighted by Gasteiger charge is -2.24. The molecule has 0 bridgehead atoms. The van der Waals surface area contributed by atoms with Gasteiger partial charge in [0.2, 0.25) is 0 Å². The van der Waals surface area contributed by atoms with E-state index in [2.05, 4.69) is 0 Å². The van der Waals surface area contributed by atoms with Gasteiger partial charge in [0.05, 0.1) is 0 Å². The number of nitrogens with zero attached hydrogens (tertiary/aromatic N) is 1. The maximum Gasteiger partial charge on any atom is 0.253 e. The third-order valence-corrected chi connectivity index (χ3v) is 1.53.